The molecule has 1 N–H and O–H groups in total. The molecule has 6 rings (SSSR count). The first-order valence-corrected chi connectivity index (χ1v) is 9.87. The normalized spacial score (nSPS) is 39.2. The zero-order valence-electron chi connectivity index (χ0n) is 14.1. The summed E-state index contributed by atoms with van der Waals surface area (Å²) in [4.78, 5) is 9.41. The Hall–Kier alpha value is -0.960. The van der Waals surface area contributed by atoms with E-state index in [9.17, 15) is 0 Å². The van der Waals surface area contributed by atoms with E-state index in [1.165, 1.54) is 69.8 Å². The van der Waals surface area contributed by atoms with Crippen molar-refractivity contribution in [1.82, 2.24) is 15.3 Å². The number of rotatable bonds is 4. The molecular formula is C20H29N3. The largest absolute Gasteiger partial charge is 0.307 e. The summed E-state index contributed by atoms with van der Waals surface area (Å²) in [6.07, 6.45) is 18.2. The maximum absolute atomic E-state index is 4.70. The van der Waals surface area contributed by atoms with Crippen molar-refractivity contribution in [2.24, 2.45) is 17.8 Å². The molecule has 3 heteroatoms. The Morgan fingerprint density at radius 1 is 0.957 bits per heavy atom. The second-order valence-corrected chi connectivity index (χ2v) is 8.84. The van der Waals surface area contributed by atoms with Gasteiger partial charge in [-0.2, -0.15) is 0 Å². The lowest BCUT2D eigenvalue weighted by Crippen LogP contribution is -2.45. The minimum Gasteiger partial charge on any atom is -0.307 e. The third-order valence-corrected chi connectivity index (χ3v) is 7.33. The van der Waals surface area contributed by atoms with Gasteiger partial charge >= 0.3 is 0 Å². The van der Waals surface area contributed by atoms with Crippen LogP contribution < -0.4 is 5.32 Å². The molecule has 0 radical (unpaired) electrons. The molecule has 1 aromatic heterocycles. The number of hydrogen-bond acceptors (Lipinski definition) is 3. The van der Waals surface area contributed by atoms with Crippen LogP contribution in [0.5, 0.6) is 0 Å². The summed E-state index contributed by atoms with van der Waals surface area (Å²) >= 11 is 0. The quantitative estimate of drug-likeness (QED) is 0.906. The molecule has 23 heavy (non-hydrogen) atoms. The molecule has 5 fully saturated rings. The second kappa shape index (κ2) is 5.54. The summed E-state index contributed by atoms with van der Waals surface area (Å²) in [5, 5.41) is 3.95. The van der Waals surface area contributed by atoms with Crippen molar-refractivity contribution in [3.8, 4) is 0 Å². The highest BCUT2D eigenvalue weighted by Gasteiger charge is 2.57. The molecule has 0 spiro atoms. The van der Waals surface area contributed by atoms with Crippen molar-refractivity contribution in [3.63, 3.8) is 0 Å². The van der Waals surface area contributed by atoms with E-state index >= 15 is 0 Å². The van der Waals surface area contributed by atoms with Gasteiger partial charge in [0, 0.05) is 36.0 Å². The highest BCUT2D eigenvalue weighted by molar-refractivity contribution is 5.15. The maximum Gasteiger partial charge on any atom is 0.131 e. The maximum atomic E-state index is 4.70. The zero-order chi connectivity index (χ0) is 15.3. The summed E-state index contributed by atoms with van der Waals surface area (Å²) < 4.78 is 0. The van der Waals surface area contributed by atoms with Gasteiger partial charge in [0.15, 0.2) is 0 Å². The van der Waals surface area contributed by atoms with Gasteiger partial charge in [0.1, 0.15) is 5.82 Å². The standard InChI is InChI=1S/C20H29N3/c1-2-4-17(5-3-1)19-21-11-16(12-22-19)13-23-20-9-14-6-15(10-20)8-18(20)7-14/h11-12,14-15,17-18,23H,1-10,13H2. The van der Waals surface area contributed by atoms with Crippen LogP contribution in [-0.4, -0.2) is 15.5 Å². The predicted molar refractivity (Wildman–Crippen MR) is 91.0 cm³/mol. The topological polar surface area (TPSA) is 37.8 Å². The fraction of sp³-hybridized carbons (Fsp3) is 0.800. The Bertz CT molecular complexity index is 547. The van der Waals surface area contributed by atoms with Crippen molar-refractivity contribution < 1.29 is 0 Å². The van der Waals surface area contributed by atoms with E-state index < -0.39 is 0 Å². The van der Waals surface area contributed by atoms with Gasteiger partial charge in [-0.25, -0.2) is 9.97 Å². The molecule has 1 heterocycles. The monoisotopic (exact) mass is 311 g/mol. The van der Waals surface area contributed by atoms with Crippen LogP contribution in [0.4, 0.5) is 0 Å². The lowest BCUT2D eigenvalue weighted by molar-refractivity contribution is 0.233. The molecule has 5 saturated carbocycles. The molecule has 5 aliphatic rings. The Kier molecular flexibility index (Phi) is 3.47. The van der Waals surface area contributed by atoms with Gasteiger partial charge in [-0.05, 0) is 62.7 Å². The summed E-state index contributed by atoms with van der Waals surface area (Å²) in [5.74, 6) is 4.70. The van der Waals surface area contributed by atoms with E-state index in [1.807, 2.05) is 0 Å². The zero-order valence-corrected chi connectivity index (χ0v) is 14.1. The van der Waals surface area contributed by atoms with Crippen molar-refractivity contribution in [3.05, 3.63) is 23.8 Å². The summed E-state index contributed by atoms with van der Waals surface area (Å²) in [5.41, 5.74) is 1.74. The van der Waals surface area contributed by atoms with Crippen LogP contribution in [0.3, 0.4) is 0 Å². The van der Waals surface area contributed by atoms with Gasteiger partial charge in [0.05, 0.1) is 0 Å². The average molecular weight is 311 g/mol. The molecule has 0 amide bonds. The van der Waals surface area contributed by atoms with Crippen LogP contribution in [0.25, 0.3) is 0 Å². The molecule has 0 aliphatic heterocycles. The molecule has 0 saturated heterocycles. The first-order valence-electron chi connectivity index (χ1n) is 9.87. The Labute approximate surface area is 139 Å². The summed E-state index contributed by atoms with van der Waals surface area (Å²) in [6, 6.07) is 0. The van der Waals surface area contributed by atoms with Crippen LogP contribution in [0.2, 0.25) is 0 Å². The minimum atomic E-state index is 0.468. The van der Waals surface area contributed by atoms with Crippen LogP contribution in [0.1, 0.15) is 81.5 Å². The highest BCUT2D eigenvalue weighted by atomic mass is 15.0. The Balaban J connectivity index is 1.23. The lowest BCUT2D eigenvalue weighted by atomic mass is 9.80. The number of hydrogen-bond donors (Lipinski definition) is 1. The molecule has 0 aromatic carbocycles. The second-order valence-electron chi connectivity index (χ2n) is 8.84. The SMILES string of the molecule is c1nc(C2CCCCC2)ncc1CNC12CC3CC(CC1C3)C2. The first-order chi connectivity index (χ1) is 11.3. The minimum absolute atomic E-state index is 0.468. The number of aromatic nitrogens is 2. The molecule has 2 atom stereocenters. The first kappa shape index (κ1) is 14.4. The summed E-state index contributed by atoms with van der Waals surface area (Å²) in [6.45, 7) is 0.959. The van der Waals surface area contributed by atoms with E-state index in [-0.39, 0.29) is 0 Å². The number of nitrogens with one attached hydrogen (secondary N) is 1. The van der Waals surface area contributed by atoms with E-state index in [0.717, 1.165) is 30.1 Å². The van der Waals surface area contributed by atoms with Gasteiger partial charge in [0.2, 0.25) is 0 Å². The third kappa shape index (κ3) is 2.52. The Morgan fingerprint density at radius 3 is 2.35 bits per heavy atom. The smallest absolute Gasteiger partial charge is 0.131 e. The predicted octanol–water partition coefficient (Wildman–Crippen LogP) is 4.19. The van der Waals surface area contributed by atoms with Crippen LogP contribution in [0, 0.1) is 17.8 Å². The van der Waals surface area contributed by atoms with Gasteiger partial charge in [-0.15, -0.1) is 0 Å². The average Bonchev–Trinajstić information content (AvgIpc) is 2.99. The van der Waals surface area contributed by atoms with E-state index in [1.54, 1.807) is 0 Å². The van der Waals surface area contributed by atoms with Crippen molar-refractivity contribution in [2.45, 2.75) is 82.2 Å². The number of nitrogens with zero attached hydrogens (tertiary/aromatic N) is 2. The molecule has 124 valence electrons. The third-order valence-electron chi connectivity index (χ3n) is 7.33. The van der Waals surface area contributed by atoms with Gasteiger partial charge < -0.3 is 5.32 Å². The van der Waals surface area contributed by atoms with Crippen molar-refractivity contribution >= 4 is 0 Å². The van der Waals surface area contributed by atoms with Gasteiger partial charge in [-0.3, -0.25) is 0 Å². The molecule has 5 aliphatic carbocycles. The highest BCUT2D eigenvalue weighted by Crippen LogP contribution is 2.60. The van der Waals surface area contributed by atoms with Gasteiger partial charge in [0.25, 0.3) is 0 Å². The van der Waals surface area contributed by atoms with E-state index in [4.69, 9.17) is 9.97 Å². The summed E-state index contributed by atoms with van der Waals surface area (Å²) in [7, 11) is 0. The molecule has 3 nitrogen and oxygen atoms in total. The Morgan fingerprint density at radius 2 is 1.65 bits per heavy atom. The van der Waals surface area contributed by atoms with Crippen LogP contribution in [0.15, 0.2) is 12.4 Å². The molecule has 1 aromatic rings. The molecule has 4 bridgehead atoms. The van der Waals surface area contributed by atoms with E-state index in [0.29, 0.717) is 11.5 Å². The van der Waals surface area contributed by atoms with Crippen molar-refractivity contribution in [2.75, 3.05) is 0 Å². The fourth-order valence-electron chi connectivity index (χ4n) is 6.39. The fourth-order valence-corrected chi connectivity index (χ4v) is 6.39. The van der Waals surface area contributed by atoms with Gasteiger partial charge in [-0.1, -0.05) is 19.3 Å². The lowest BCUT2D eigenvalue weighted by Gasteiger charge is -2.34. The molecule has 2 unspecified atom stereocenters. The van der Waals surface area contributed by atoms with Crippen LogP contribution in [-0.2, 0) is 6.54 Å². The van der Waals surface area contributed by atoms with E-state index in [2.05, 4.69) is 17.7 Å². The molecular weight excluding hydrogens is 282 g/mol. The van der Waals surface area contributed by atoms with Crippen molar-refractivity contribution in [1.29, 1.82) is 0 Å². The van der Waals surface area contributed by atoms with Crippen LogP contribution >= 0.6 is 0 Å².